The fourth-order valence-corrected chi connectivity index (χ4v) is 2.72. The molecule has 0 saturated carbocycles. The van der Waals surface area contributed by atoms with Crippen LogP contribution in [0.2, 0.25) is 0 Å². The fourth-order valence-electron chi connectivity index (χ4n) is 2.72. The van der Waals surface area contributed by atoms with Crippen molar-refractivity contribution in [3.8, 4) is 5.69 Å². The lowest BCUT2D eigenvalue weighted by atomic mass is 10.1. The topological polar surface area (TPSA) is 93.2 Å². The van der Waals surface area contributed by atoms with Crippen LogP contribution in [0.3, 0.4) is 0 Å². The highest BCUT2D eigenvalue weighted by Gasteiger charge is 2.28. The third-order valence-electron chi connectivity index (χ3n) is 4.00. The van der Waals surface area contributed by atoms with Crippen molar-refractivity contribution in [2.75, 3.05) is 19.3 Å². The Labute approximate surface area is 138 Å². The van der Waals surface area contributed by atoms with Gasteiger partial charge in [-0.05, 0) is 24.6 Å². The maximum Gasteiger partial charge on any atom is 0.253 e. The van der Waals surface area contributed by atoms with Gasteiger partial charge in [0.05, 0.1) is 17.8 Å². The van der Waals surface area contributed by atoms with Gasteiger partial charge in [-0.25, -0.2) is 9.07 Å². The highest BCUT2D eigenvalue weighted by atomic mass is 19.1. The van der Waals surface area contributed by atoms with E-state index in [0.29, 0.717) is 6.54 Å². The second-order valence-electron chi connectivity index (χ2n) is 6.00. The Morgan fingerprint density at radius 2 is 2.21 bits per heavy atom. The van der Waals surface area contributed by atoms with Gasteiger partial charge in [-0.2, -0.15) is 5.10 Å². The van der Waals surface area contributed by atoms with Crippen molar-refractivity contribution < 1.29 is 14.0 Å². The van der Waals surface area contributed by atoms with Gasteiger partial charge in [-0.15, -0.1) is 0 Å². The molecule has 0 spiro atoms. The average Bonchev–Trinajstić information content (AvgIpc) is 3.05. The Balaban J connectivity index is 1.87. The highest BCUT2D eigenvalue weighted by Crippen LogP contribution is 2.22. The number of nitrogens with zero attached hydrogens (tertiary/aromatic N) is 3. The molecule has 3 rings (SSSR count). The van der Waals surface area contributed by atoms with Crippen LogP contribution in [0.15, 0.2) is 24.5 Å². The molecule has 1 aromatic carbocycles. The van der Waals surface area contributed by atoms with E-state index < -0.39 is 11.7 Å². The Hall–Kier alpha value is -2.90. The first-order valence-corrected chi connectivity index (χ1v) is 7.50. The van der Waals surface area contributed by atoms with Gasteiger partial charge in [0.25, 0.3) is 5.91 Å². The molecule has 7 nitrogen and oxygen atoms in total. The molecule has 2 amide bonds. The molecule has 1 saturated heterocycles. The molecule has 24 heavy (non-hydrogen) atoms. The van der Waals surface area contributed by atoms with E-state index in [0.717, 1.165) is 11.6 Å². The number of nitrogens with two attached hydrogens (primary N) is 1. The summed E-state index contributed by atoms with van der Waals surface area (Å²) in [5.74, 6) is -1.03. The molecule has 126 valence electrons. The SMILES string of the molecule is Cc1cnn(-c2cc(C(=O)NC3CC(=O)N(C)C3)c(N)cc2F)c1. The van der Waals surface area contributed by atoms with E-state index in [1.165, 1.54) is 10.7 Å². The van der Waals surface area contributed by atoms with Crippen molar-refractivity contribution >= 4 is 17.5 Å². The third kappa shape index (κ3) is 2.94. The zero-order chi connectivity index (χ0) is 17.4. The molecule has 2 aromatic rings. The number of benzene rings is 1. The van der Waals surface area contributed by atoms with Crippen LogP contribution < -0.4 is 11.1 Å². The fraction of sp³-hybridized carbons (Fsp3) is 0.312. The second kappa shape index (κ2) is 5.95. The van der Waals surface area contributed by atoms with Crippen LogP contribution in [0.5, 0.6) is 0 Å². The first kappa shape index (κ1) is 16.0. The van der Waals surface area contributed by atoms with Crippen LogP contribution in [0.1, 0.15) is 22.3 Å². The minimum Gasteiger partial charge on any atom is -0.398 e. The molecule has 0 aliphatic carbocycles. The van der Waals surface area contributed by atoms with E-state index in [1.807, 2.05) is 6.92 Å². The largest absolute Gasteiger partial charge is 0.398 e. The number of rotatable bonds is 3. The molecule has 1 aliphatic rings. The van der Waals surface area contributed by atoms with Crippen LogP contribution in [-0.4, -0.2) is 46.1 Å². The zero-order valence-corrected chi connectivity index (χ0v) is 13.4. The minimum atomic E-state index is -0.567. The lowest BCUT2D eigenvalue weighted by Crippen LogP contribution is -2.36. The minimum absolute atomic E-state index is 0.0277. The summed E-state index contributed by atoms with van der Waals surface area (Å²) in [7, 11) is 1.68. The van der Waals surface area contributed by atoms with Gasteiger partial charge in [0.1, 0.15) is 5.69 Å². The smallest absolute Gasteiger partial charge is 0.253 e. The molecular weight excluding hydrogens is 313 g/mol. The molecule has 1 atom stereocenters. The van der Waals surface area contributed by atoms with Crippen LogP contribution in [0.25, 0.3) is 5.69 Å². The van der Waals surface area contributed by atoms with Crippen LogP contribution >= 0.6 is 0 Å². The van der Waals surface area contributed by atoms with E-state index in [1.54, 1.807) is 24.3 Å². The van der Waals surface area contributed by atoms with Crippen LogP contribution in [0.4, 0.5) is 10.1 Å². The van der Waals surface area contributed by atoms with E-state index in [-0.39, 0.29) is 35.3 Å². The maximum absolute atomic E-state index is 14.2. The van der Waals surface area contributed by atoms with Crippen molar-refractivity contribution in [1.82, 2.24) is 20.0 Å². The van der Waals surface area contributed by atoms with Gasteiger partial charge >= 0.3 is 0 Å². The lowest BCUT2D eigenvalue weighted by molar-refractivity contribution is -0.126. The lowest BCUT2D eigenvalue weighted by Gasteiger charge is -2.14. The third-order valence-corrected chi connectivity index (χ3v) is 4.00. The second-order valence-corrected chi connectivity index (χ2v) is 6.00. The molecule has 0 bridgehead atoms. The Morgan fingerprint density at radius 3 is 2.79 bits per heavy atom. The zero-order valence-electron chi connectivity index (χ0n) is 13.4. The molecular formula is C16H18FN5O2. The molecule has 3 N–H and O–H groups in total. The molecule has 1 fully saturated rings. The Morgan fingerprint density at radius 1 is 1.46 bits per heavy atom. The number of likely N-dealkylation sites (tertiary alicyclic amines) is 1. The summed E-state index contributed by atoms with van der Waals surface area (Å²) < 4.78 is 15.5. The van der Waals surface area contributed by atoms with Gasteiger partial charge < -0.3 is 16.0 Å². The summed E-state index contributed by atoms with van der Waals surface area (Å²) in [6.07, 6.45) is 3.49. The number of carbonyl (C=O) groups excluding carboxylic acids is 2. The number of nitrogens with one attached hydrogen (secondary N) is 1. The number of hydrogen-bond acceptors (Lipinski definition) is 4. The van der Waals surface area contributed by atoms with E-state index >= 15 is 0 Å². The number of anilines is 1. The number of carbonyl (C=O) groups is 2. The van der Waals surface area contributed by atoms with Crippen molar-refractivity contribution in [1.29, 1.82) is 0 Å². The van der Waals surface area contributed by atoms with Gasteiger partial charge in [0, 0.05) is 31.9 Å². The van der Waals surface area contributed by atoms with Crippen molar-refractivity contribution in [3.63, 3.8) is 0 Å². The first-order chi connectivity index (χ1) is 11.3. The van der Waals surface area contributed by atoms with Gasteiger partial charge in [-0.3, -0.25) is 9.59 Å². The first-order valence-electron chi connectivity index (χ1n) is 7.50. The summed E-state index contributed by atoms with van der Waals surface area (Å²) in [5, 5.41) is 6.82. The van der Waals surface area contributed by atoms with Gasteiger partial charge in [0.2, 0.25) is 5.91 Å². The average molecular weight is 331 g/mol. The summed E-state index contributed by atoms with van der Waals surface area (Å²) in [6, 6.07) is 2.19. The van der Waals surface area contributed by atoms with E-state index in [2.05, 4.69) is 10.4 Å². The quantitative estimate of drug-likeness (QED) is 0.816. The van der Waals surface area contributed by atoms with Gasteiger partial charge in [-0.1, -0.05) is 0 Å². The molecule has 2 heterocycles. The number of nitrogen functional groups attached to an aromatic ring is 1. The summed E-state index contributed by atoms with van der Waals surface area (Å²) in [5.41, 5.74) is 6.99. The molecule has 8 heteroatoms. The predicted octanol–water partition coefficient (Wildman–Crippen LogP) is 0.863. The summed E-state index contributed by atoms with van der Waals surface area (Å²) in [6.45, 7) is 2.27. The van der Waals surface area contributed by atoms with Crippen molar-refractivity contribution in [2.45, 2.75) is 19.4 Å². The van der Waals surface area contributed by atoms with Crippen LogP contribution in [0, 0.1) is 12.7 Å². The number of aromatic nitrogens is 2. The Kier molecular flexibility index (Phi) is 3.96. The predicted molar refractivity (Wildman–Crippen MR) is 86.2 cm³/mol. The van der Waals surface area contributed by atoms with Crippen LogP contribution in [-0.2, 0) is 4.79 Å². The summed E-state index contributed by atoms with van der Waals surface area (Å²) >= 11 is 0. The number of aryl methyl sites for hydroxylation is 1. The number of amides is 2. The monoisotopic (exact) mass is 331 g/mol. The highest BCUT2D eigenvalue weighted by molar-refractivity contribution is 6.00. The normalized spacial score (nSPS) is 17.4. The molecule has 0 radical (unpaired) electrons. The summed E-state index contributed by atoms with van der Waals surface area (Å²) in [4.78, 5) is 25.6. The number of likely N-dealkylation sites (N-methyl/N-ethyl adjacent to an activating group) is 1. The molecule has 1 aliphatic heterocycles. The number of hydrogen-bond donors (Lipinski definition) is 2. The van der Waals surface area contributed by atoms with Crippen molar-refractivity contribution in [3.05, 3.63) is 41.5 Å². The molecule has 1 unspecified atom stereocenters. The Bertz CT molecular complexity index is 817. The molecule has 1 aromatic heterocycles. The van der Waals surface area contributed by atoms with Crippen molar-refractivity contribution in [2.24, 2.45) is 0 Å². The van der Waals surface area contributed by atoms with E-state index in [4.69, 9.17) is 5.73 Å². The standard InChI is InChI=1S/C16H18FN5O2/c1-9-6-19-22(7-9)14-4-11(13(18)5-12(14)17)16(24)20-10-3-15(23)21(2)8-10/h4-7,10H,3,8,18H2,1-2H3,(H,20,24). The van der Waals surface area contributed by atoms with Gasteiger partial charge in [0.15, 0.2) is 5.82 Å². The van der Waals surface area contributed by atoms with E-state index in [9.17, 15) is 14.0 Å². The number of halogens is 1. The maximum atomic E-state index is 14.2.